The van der Waals surface area contributed by atoms with Crippen molar-refractivity contribution in [3.63, 3.8) is 0 Å². The van der Waals surface area contributed by atoms with Gasteiger partial charge in [0.25, 0.3) is 0 Å². The first kappa shape index (κ1) is 23.6. The third-order valence-electron chi connectivity index (χ3n) is 4.09. The van der Waals surface area contributed by atoms with Crippen molar-refractivity contribution in [2.45, 2.75) is 53.9 Å². The van der Waals surface area contributed by atoms with Gasteiger partial charge in [0.15, 0.2) is 5.78 Å². The van der Waals surface area contributed by atoms with Crippen molar-refractivity contribution in [3.8, 4) is 0 Å². The first-order valence-corrected chi connectivity index (χ1v) is 8.98. The minimum absolute atomic E-state index is 0.0164. The minimum atomic E-state index is -0.141. The number of hydrogen-bond donors (Lipinski definition) is 2. The predicted molar refractivity (Wildman–Crippen MR) is 107 cm³/mol. The summed E-state index contributed by atoms with van der Waals surface area (Å²) in [5.41, 5.74) is 8.10. The van der Waals surface area contributed by atoms with E-state index in [2.05, 4.69) is 11.9 Å². The number of carbonyl (C=O) groups is 3. The van der Waals surface area contributed by atoms with Crippen LogP contribution in [0.15, 0.2) is 30.9 Å². The maximum Gasteiger partial charge on any atom is 0.229 e. The summed E-state index contributed by atoms with van der Waals surface area (Å²) in [7, 11) is 0. The van der Waals surface area contributed by atoms with Crippen molar-refractivity contribution in [1.29, 1.82) is 0 Å². The monoisotopic (exact) mass is 360 g/mol. The molecule has 5 heteroatoms. The van der Waals surface area contributed by atoms with E-state index in [9.17, 15) is 14.4 Å². The number of aryl methyl sites for hydroxylation is 1. The first-order valence-electron chi connectivity index (χ1n) is 8.98. The van der Waals surface area contributed by atoms with Gasteiger partial charge < -0.3 is 5.73 Å². The van der Waals surface area contributed by atoms with E-state index in [0.717, 1.165) is 17.5 Å². The quantitative estimate of drug-likeness (QED) is 0.368. The van der Waals surface area contributed by atoms with Gasteiger partial charge in [0.05, 0.1) is 0 Å². The highest BCUT2D eigenvalue weighted by molar-refractivity contribution is 5.99. The largest absolute Gasteiger partial charge is 0.399 e. The highest BCUT2D eigenvalue weighted by atomic mass is 16.2. The van der Waals surface area contributed by atoms with Crippen molar-refractivity contribution in [1.82, 2.24) is 5.32 Å². The van der Waals surface area contributed by atoms with Crippen molar-refractivity contribution in [3.05, 3.63) is 42.0 Å². The van der Waals surface area contributed by atoms with Crippen LogP contribution in [0.2, 0.25) is 0 Å². The molecular weight excluding hydrogens is 328 g/mol. The molecule has 1 saturated heterocycles. The molecule has 0 aliphatic carbocycles. The van der Waals surface area contributed by atoms with Crippen molar-refractivity contribution >= 4 is 23.3 Å². The van der Waals surface area contributed by atoms with Gasteiger partial charge in [-0.2, -0.15) is 0 Å². The van der Waals surface area contributed by atoms with E-state index >= 15 is 0 Å². The SMILES string of the molecule is C=CC.CC1CCC(=O)NC1=O.CCC(C)C(=O)c1ccc(N)cc1C. The number of Topliss-reactive ketones (excluding diaryl/α,β-unsaturated/α-hetero) is 1. The molecule has 3 N–H and O–H groups in total. The average molecular weight is 360 g/mol. The molecule has 5 nitrogen and oxygen atoms in total. The second-order valence-electron chi connectivity index (χ2n) is 6.51. The number of rotatable bonds is 3. The number of carbonyl (C=O) groups excluding carboxylic acids is 3. The standard InChI is InChI=1S/C12H17NO.C6H9NO2.C3H6/c1-4-8(2)12(14)11-6-5-10(13)7-9(11)3;1-4-2-3-5(8)7-6(4)9;1-3-2/h5-8H,4,13H2,1-3H3;4H,2-3H2,1H3,(H,7,8,9);3H,1H2,2H3. The number of allylic oxidation sites excluding steroid dienone is 1. The number of amides is 2. The summed E-state index contributed by atoms with van der Waals surface area (Å²) in [6.45, 7) is 13.0. The maximum absolute atomic E-state index is 11.9. The zero-order chi connectivity index (χ0) is 20.3. The molecule has 2 unspecified atom stereocenters. The van der Waals surface area contributed by atoms with Crippen LogP contribution in [-0.2, 0) is 9.59 Å². The van der Waals surface area contributed by atoms with Gasteiger partial charge in [0.2, 0.25) is 11.8 Å². The summed E-state index contributed by atoms with van der Waals surface area (Å²) in [4.78, 5) is 33.0. The molecule has 1 heterocycles. The number of piperidine rings is 1. The molecule has 1 fully saturated rings. The molecule has 1 aliphatic rings. The van der Waals surface area contributed by atoms with E-state index in [0.29, 0.717) is 18.5 Å². The molecule has 144 valence electrons. The predicted octanol–water partition coefficient (Wildman–Crippen LogP) is 4.06. The molecule has 2 rings (SSSR count). The lowest BCUT2D eigenvalue weighted by Crippen LogP contribution is -2.39. The Morgan fingerprint density at radius 2 is 2.00 bits per heavy atom. The van der Waals surface area contributed by atoms with Gasteiger partial charge in [-0.1, -0.05) is 26.8 Å². The molecule has 0 aromatic heterocycles. The summed E-state index contributed by atoms with van der Waals surface area (Å²) in [6.07, 6.45) is 3.82. The average Bonchev–Trinajstić information content (AvgIpc) is 2.58. The van der Waals surface area contributed by atoms with E-state index in [1.807, 2.05) is 46.8 Å². The Morgan fingerprint density at radius 3 is 2.42 bits per heavy atom. The molecule has 2 amide bonds. The second-order valence-corrected chi connectivity index (χ2v) is 6.51. The van der Waals surface area contributed by atoms with Crippen LogP contribution in [0.1, 0.15) is 62.9 Å². The van der Waals surface area contributed by atoms with Crippen LogP contribution < -0.4 is 11.1 Å². The molecule has 26 heavy (non-hydrogen) atoms. The van der Waals surface area contributed by atoms with Crippen LogP contribution in [0.25, 0.3) is 0 Å². The number of nitrogens with two attached hydrogens (primary N) is 1. The van der Waals surface area contributed by atoms with Crippen LogP contribution in [0.4, 0.5) is 5.69 Å². The summed E-state index contributed by atoms with van der Waals surface area (Å²) >= 11 is 0. The Bertz CT molecular complexity index is 638. The third kappa shape index (κ3) is 8.10. The molecule has 1 aromatic rings. The lowest BCUT2D eigenvalue weighted by Gasteiger charge is -2.15. The Morgan fingerprint density at radius 1 is 1.42 bits per heavy atom. The van der Waals surface area contributed by atoms with Crippen LogP contribution in [-0.4, -0.2) is 17.6 Å². The van der Waals surface area contributed by atoms with E-state index in [1.54, 1.807) is 12.1 Å². The fourth-order valence-corrected chi connectivity index (χ4v) is 2.22. The highest BCUT2D eigenvalue weighted by Gasteiger charge is 2.21. The second kappa shape index (κ2) is 12.0. The summed E-state index contributed by atoms with van der Waals surface area (Å²) < 4.78 is 0. The van der Waals surface area contributed by atoms with Crippen LogP contribution in [0.5, 0.6) is 0 Å². The summed E-state index contributed by atoms with van der Waals surface area (Å²) in [6, 6.07) is 5.44. The third-order valence-corrected chi connectivity index (χ3v) is 4.09. The Hall–Kier alpha value is -2.43. The van der Waals surface area contributed by atoms with Gasteiger partial charge in [0, 0.05) is 29.5 Å². The lowest BCUT2D eigenvalue weighted by atomic mass is 9.94. The van der Waals surface area contributed by atoms with E-state index in [-0.39, 0.29) is 29.4 Å². The zero-order valence-corrected chi connectivity index (χ0v) is 16.6. The van der Waals surface area contributed by atoms with E-state index < -0.39 is 0 Å². The van der Waals surface area contributed by atoms with Gasteiger partial charge in [-0.25, -0.2) is 0 Å². The number of hydrogen-bond acceptors (Lipinski definition) is 4. The number of anilines is 1. The Kier molecular flexibility index (Phi) is 10.9. The van der Waals surface area contributed by atoms with Gasteiger partial charge in [-0.3, -0.25) is 19.7 Å². The van der Waals surface area contributed by atoms with Crippen LogP contribution >= 0.6 is 0 Å². The van der Waals surface area contributed by atoms with Gasteiger partial charge in [0.1, 0.15) is 0 Å². The van der Waals surface area contributed by atoms with Crippen LogP contribution in [0.3, 0.4) is 0 Å². The van der Waals surface area contributed by atoms with Crippen molar-refractivity contribution in [2.75, 3.05) is 5.73 Å². The Labute approximate surface area is 157 Å². The molecule has 0 saturated carbocycles. The van der Waals surface area contributed by atoms with Crippen molar-refractivity contribution in [2.24, 2.45) is 11.8 Å². The fraction of sp³-hybridized carbons (Fsp3) is 0.476. The number of benzene rings is 1. The topological polar surface area (TPSA) is 89.3 Å². The molecular formula is C21H32N2O3. The molecule has 1 aliphatic heterocycles. The lowest BCUT2D eigenvalue weighted by molar-refractivity contribution is -0.135. The Balaban J connectivity index is 0.000000446. The van der Waals surface area contributed by atoms with Gasteiger partial charge in [-0.05, 0) is 50.5 Å². The smallest absolute Gasteiger partial charge is 0.229 e. The number of nitrogens with one attached hydrogen (secondary N) is 1. The minimum Gasteiger partial charge on any atom is -0.399 e. The highest BCUT2D eigenvalue weighted by Crippen LogP contribution is 2.18. The fourth-order valence-electron chi connectivity index (χ4n) is 2.22. The summed E-state index contributed by atoms with van der Waals surface area (Å²) in [5.74, 6) is 0.0503. The molecule has 0 spiro atoms. The molecule has 0 bridgehead atoms. The molecule has 2 atom stereocenters. The van der Waals surface area contributed by atoms with E-state index in [1.165, 1.54) is 0 Å². The number of nitrogen functional groups attached to an aromatic ring is 1. The number of imide groups is 1. The van der Waals surface area contributed by atoms with E-state index in [4.69, 9.17) is 5.73 Å². The zero-order valence-electron chi connectivity index (χ0n) is 16.6. The van der Waals surface area contributed by atoms with Gasteiger partial charge >= 0.3 is 0 Å². The number of ketones is 1. The van der Waals surface area contributed by atoms with Crippen LogP contribution in [0, 0.1) is 18.8 Å². The van der Waals surface area contributed by atoms with Gasteiger partial charge in [-0.15, -0.1) is 6.58 Å². The summed E-state index contributed by atoms with van der Waals surface area (Å²) in [5, 5.41) is 2.25. The molecule has 0 radical (unpaired) electrons. The van der Waals surface area contributed by atoms with Crippen molar-refractivity contribution < 1.29 is 14.4 Å². The normalized spacial score (nSPS) is 16.9. The first-order chi connectivity index (χ1) is 12.2. The molecule has 1 aromatic carbocycles. The maximum atomic E-state index is 11.9.